The number of nitrogens with two attached hydrogens (primary N) is 1. The van der Waals surface area contributed by atoms with Gasteiger partial charge in [0, 0.05) is 31.4 Å². The van der Waals surface area contributed by atoms with Crippen LogP contribution in [0.2, 0.25) is 5.15 Å². The standard InChI is InChI=1S/C9H13ClN4O/c10-8-7(5-11)6-12-9(13-8)14-1-3-15-4-2-14/h6H,1-5,11H2. The Hall–Kier alpha value is -0.910. The highest BCUT2D eigenvalue weighted by atomic mass is 35.5. The van der Waals surface area contributed by atoms with Gasteiger partial charge >= 0.3 is 0 Å². The van der Waals surface area contributed by atoms with Gasteiger partial charge < -0.3 is 15.4 Å². The van der Waals surface area contributed by atoms with Gasteiger partial charge in [0.15, 0.2) is 0 Å². The van der Waals surface area contributed by atoms with Crippen molar-refractivity contribution in [3.05, 3.63) is 16.9 Å². The van der Waals surface area contributed by atoms with Crippen LogP contribution in [0.25, 0.3) is 0 Å². The van der Waals surface area contributed by atoms with Crippen LogP contribution in [0.15, 0.2) is 6.20 Å². The molecule has 0 bridgehead atoms. The molecule has 0 aromatic carbocycles. The van der Waals surface area contributed by atoms with Gasteiger partial charge in [-0.2, -0.15) is 0 Å². The number of nitrogens with zero attached hydrogens (tertiary/aromatic N) is 3. The van der Waals surface area contributed by atoms with Crippen LogP contribution in [0, 0.1) is 0 Å². The molecule has 1 aromatic heterocycles. The second kappa shape index (κ2) is 4.74. The summed E-state index contributed by atoms with van der Waals surface area (Å²) in [5.41, 5.74) is 6.25. The van der Waals surface area contributed by atoms with Crippen molar-refractivity contribution in [2.24, 2.45) is 5.73 Å². The second-order valence-corrected chi connectivity index (χ2v) is 3.65. The second-order valence-electron chi connectivity index (χ2n) is 3.29. The third-order valence-electron chi connectivity index (χ3n) is 2.31. The predicted molar refractivity (Wildman–Crippen MR) is 58.0 cm³/mol. The Morgan fingerprint density at radius 2 is 2.20 bits per heavy atom. The van der Waals surface area contributed by atoms with Gasteiger partial charge in [0.25, 0.3) is 0 Å². The third kappa shape index (κ3) is 2.37. The van der Waals surface area contributed by atoms with Gasteiger partial charge in [0.2, 0.25) is 5.95 Å². The van der Waals surface area contributed by atoms with E-state index in [1.165, 1.54) is 0 Å². The van der Waals surface area contributed by atoms with Crippen LogP contribution >= 0.6 is 11.6 Å². The van der Waals surface area contributed by atoms with Crippen LogP contribution in [0.5, 0.6) is 0 Å². The van der Waals surface area contributed by atoms with Gasteiger partial charge in [-0.3, -0.25) is 0 Å². The van der Waals surface area contributed by atoms with E-state index >= 15 is 0 Å². The zero-order valence-electron chi connectivity index (χ0n) is 8.32. The van der Waals surface area contributed by atoms with E-state index in [1.54, 1.807) is 6.20 Å². The number of ether oxygens (including phenoxy) is 1. The molecule has 0 spiro atoms. The zero-order chi connectivity index (χ0) is 10.7. The van der Waals surface area contributed by atoms with Crippen LogP contribution in [-0.2, 0) is 11.3 Å². The van der Waals surface area contributed by atoms with Crippen molar-refractivity contribution < 1.29 is 4.74 Å². The van der Waals surface area contributed by atoms with Crippen LogP contribution in [-0.4, -0.2) is 36.3 Å². The Morgan fingerprint density at radius 1 is 1.47 bits per heavy atom. The zero-order valence-corrected chi connectivity index (χ0v) is 9.07. The van der Waals surface area contributed by atoms with Crippen molar-refractivity contribution in [3.63, 3.8) is 0 Å². The van der Waals surface area contributed by atoms with Gasteiger partial charge in [-0.1, -0.05) is 11.6 Å². The van der Waals surface area contributed by atoms with E-state index in [2.05, 4.69) is 14.9 Å². The molecule has 0 aliphatic carbocycles. The van der Waals surface area contributed by atoms with Gasteiger partial charge in [0.1, 0.15) is 5.15 Å². The summed E-state index contributed by atoms with van der Waals surface area (Å²) in [4.78, 5) is 10.5. The summed E-state index contributed by atoms with van der Waals surface area (Å²) in [5, 5.41) is 0.439. The summed E-state index contributed by atoms with van der Waals surface area (Å²) in [6, 6.07) is 0. The first-order valence-corrected chi connectivity index (χ1v) is 5.23. The van der Waals surface area contributed by atoms with E-state index in [1.807, 2.05) is 0 Å². The molecular weight excluding hydrogens is 216 g/mol. The van der Waals surface area contributed by atoms with Crippen molar-refractivity contribution in [2.45, 2.75) is 6.54 Å². The van der Waals surface area contributed by atoms with E-state index in [-0.39, 0.29) is 0 Å². The Bertz CT molecular complexity index is 341. The molecule has 0 saturated carbocycles. The SMILES string of the molecule is NCc1cnc(N2CCOCC2)nc1Cl. The molecule has 0 amide bonds. The molecular formula is C9H13ClN4O. The molecule has 0 atom stereocenters. The minimum absolute atomic E-state index is 0.363. The van der Waals surface area contributed by atoms with E-state index in [9.17, 15) is 0 Å². The molecule has 2 rings (SSSR count). The summed E-state index contributed by atoms with van der Waals surface area (Å²) in [7, 11) is 0. The van der Waals surface area contributed by atoms with Gasteiger partial charge in [0.05, 0.1) is 13.2 Å². The first-order valence-electron chi connectivity index (χ1n) is 4.85. The van der Waals surface area contributed by atoms with Gasteiger partial charge in [-0.25, -0.2) is 9.97 Å². The number of anilines is 1. The van der Waals surface area contributed by atoms with Crippen molar-refractivity contribution in [1.29, 1.82) is 0 Å². The first-order chi connectivity index (χ1) is 7.31. The average Bonchev–Trinajstić information content (AvgIpc) is 2.30. The van der Waals surface area contributed by atoms with E-state index < -0.39 is 0 Å². The molecule has 1 aromatic rings. The average molecular weight is 229 g/mol. The van der Waals surface area contributed by atoms with Crippen LogP contribution in [0.4, 0.5) is 5.95 Å². The number of morpholine rings is 1. The fourth-order valence-corrected chi connectivity index (χ4v) is 1.63. The highest BCUT2D eigenvalue weighted by Gasteiger charge is 2.14. The molecule has 1 saturated heterocycles. The van der Waals surface area contributed by atoms with Crippen LogP contribution in [0.3, 0.4) is 0 Å². The van der Waals surface area contributed by atoms with Crippen LogP contribution < -0.4 is 10.6 Å². The topological polar surface area (TPSA) is 64.3 Å². The smallest absolute Gasteiger partial charge is 0.226 e. The molecule has 1 fully saturated rings. The van der Waals surface area contributed by atoms with E-state index in [4.69, 9.17) is 22.1 Å². The summed E-state index contributed by atoms with van der Waals surface area (Å²) in [6.07, 6.45) is 1.68. The largest absolute Gasteiger partial charge is 0.378 e. The molecule has 2 N–H and O–H groups in total. The van der Waals surface area contributed by atoms with Crippen molar-refractivity contribution in [2.75, 3.05) is 31.2 Å². The van der Waals surface area contributed by atoms with Gasteiger partial charge in [-0.05, 0) is 0 Å². The Labute approximate surface area is 93.2 Å². The number of halogens is 1. The molecule has 15 heavy (non-hydrogen) atoms. The maximum Gasteiger partial charge on any atom is 0.226 e. The van der Waals surface area contributed by atoms with Crippen molar-refractivity contribution >= 4 is 17.5 Å². The van der Waals surface area contributed by atoms with Crippen molar-refractivity contribution in [1.82, 2.24) is 9.97 Å². The fourth-order valence-electron chi connectivity index (χ4n) is 1.43. The van der Waals surface area contributed by atoms with Gasteiger partial charge in [-0.15, -0.1) is 0 Å². The first kappa shape index (κ1) is 10.6. The monoisotopic (exact) mass is 228 g/mol. The van der Waals surface area contributed by atoms with E-state index in [0.717, 1.165) is 18.7 Å². The molecule has 5 nitrogen and oxygen atoms in total. The highest BCUT2D eigenvalue weighted by molar-refractivity contribution is 6.30. The lowest BCUT2D eigenvalue weighted by atomic mass is 10.3. The maximum absolute atomic E-state index is 5.96. The molecule has 2 heterocycles. The molecule has 82 valence electrons. The third-order valence-corrected chi connectivity index (χ3v) is 2.64. The van der Waals surface area contributed by atoms with Crippen LogP contribution in [0.1, 0.15) is 5.56 Å². The molecule has 1 aliphatic heterocycles. The Balaban J connectivity index is 2.17. The molecule has 6 heteroatoms. The lowest BCUT2D eigenvalue weighted by Gasteiger charge is -2.26. The minimum Gasteiger partial charge on any atom is -0.378 e. The summed E-state index contributed by atoms with van der Waals surface area (Å²) < 4.78 is 5.25. The minimum atomic E-state index is 0.363. The predicted octanol–water partition coefficient (Wildman–Crippen LogP) is 0.425. The molecule has 0 radical (unpaired) electrons. The summed E-state index contributed by atoms with van der Waals surface area (Å²) in [5.74, 6) is 0.653. The maximum atomic E-state index is 5.96. The molecule has 0 unspecified atom stereocenters. The number of hydrogen-bond donors (Lipinski definition) is 1. The lowest BCUT2D eigenvalue weighted by molar-refractivity contribution is 0.122. The summed E-state index contributed by atoms with van der Waals surface area (Å²) >= 11 is 5.96. The summed E-state index contributed by atoms with van der Waals surface area (Å²) in [6.45, 7) is 3.39. The lowest BCUT2D eigenvalue weighted by Crippen LogP contribution is -2.37. The fraction of sp³-hybridized carbons (Fsp3) is 0.556. The molecule has 1 aliphatic rings. The normalized spacial score (nSPS) is 16.8. The highest BCUT2D eigenvalue weighted by Crippen LogP contribution is 2.16. The number of rotatable bonds is 2. The van der Waals surface area contributed by atoms with Crippen molar-refractivity contribution in [3.8, 4) is 0 Å². The Kier molecular flexibility index (Phi) is 3.35. The van der Waals surface area contributed by atoms with E-state index in [0.29, 0.717) is 30.9 Å². The number of aromatic nitrogens is 2. The Morgan fingerprint density at radius 3 is 2.80 bits per heavy atom. The number of hydrogen-bond acceptors (Lipinski definition) is 5. The quantitative estimate of drug-likeness (QED) is 0.744.